The Hall–Kier alpha value is -5.82. The van der Waals surface area contributed by atoms with E-state index in [1.807, 2.05) is 54.6 Å². The van der Waals surface area contributed by atoms with E-state index < -0.39 is 47.9 Å². The standard InChI is InChI=1S/C36H33N5O8/c1-2-36(49-30(42)12-11-28(34(45)46)40-32(43)25(37)14-20-16-38-27-10-6-4-8-22(20)27)24-15-29-31-21(13-19-7-3-5-9-26(19)39-31)17-41(29)33(44)23(24)18-48-35(36)47/h3-10,13,15-16,25,28,38H,2,11-12,14,17-18,37H2,1H3,(H,40,43)(H,45,46)/t25-,28-,36+/m1/s1. The van der Waals surface area contributed by atoms with Gasteiger partial charge in [0.2, 0.25) is 11.5 Å². The van der Waals surface area contributed by atoms with Crippen LogP contribution in [0.4, 0.5) is 0 Å². The summed E-state index contributed by atoms with van der Waals surface area (Å²) >= 11 is 0. The predicted molar refractivity (Wildman–Crippen MR) is 177 cm³/mol. The van der Waals surface area contributed by atoms with Crippen molar-refractivity contribution < 1.29 is 33.8 Å². The first kappa shape index (κ1) is 31.8. The second kappa shape index (κ2) is 12.3. The summed E-state index contributed by atoms with van der Waals surface area (Å²) in [6, 6.07) is 16.2. The number of hydrogen-bond acceptors (Lipinski definition) is 9. The first-order chi connectivity index (χ1) is 23.6. The van der Waals surface area contributed by atoms with Gasteiger partial charge in [-0.25, -0.2) is 14.6 Å². The molecule has 0 bridgehead atoms. The summed E-state index contributed by atoms with van der Waals surface area (Å²) in [5.41, 5.74) is 8.57. The fourth-order valence-electron chi connectivity index (χ4n) is 6.76. The van der Waals surface area contributed by atoms with Gasteiger partial charge < -0.3 is 35.2 Å². The van der Waals surface area contributed by atoms with Gasteiger partial charge in [-0.1, -0.05) is 43.3 Å². The van der Waals surface area contributed by atoms with Crippen molar-refractivity contribution in [2.75, 3.05) is 0 Å². The minimum atomic E-state index is -1.94. The molecule has 5 aromatic rings. The number of carboxylic acid groups (broad SMARTS) is 1. The number of nitrogens with two attached hydrogens (primary N) is 1. The number of esters is 2. The maximum atomic E-state index is 13.8. The third-order valence-corrected chi connectivity index (χ3v) is 9.38. The molecule has 0 saturated carbocycles. The molecule has 49 heavy (non-hydrogen) atoms. The molecule has 13 heteroatoms. The lowest BCUT2D eigenvalue weighted by Gasteiger charge is -2.35. The predicted octanol–water partition coefficient (Wildman–Crippen LogP) is 3.03. The minimum absolute atomic E-state index is 0.0484. The topological polar surface area (TPSA) is 196 Å². The van der Waals surface area contributed by atoms with E-state index in [0.717, 1.165) is 32.9 Å². The molecule has 1 amide bonds. The van der Waals surface area contributed by atoms with Crippen molar-refractivity contribution in [3.05, 3.63) is 99.5 Å². The molecule has 3 aromatic heterocycles. The molecule has 0 spiro atoms. The first-order valence-electron chi connectivity index (χ1n) is 16.0. The smallest absolute Gasteiger partial charge is 0.355 e. The van der Waals surface area contributed by atoms with E-state index in [-0.39, 0.29) is 49.1 Å². The molecule has 2 aliphatic heterocycles. The lowest BCUT2D eigenvalue weighted by molar-refractivity contribution is -0.189. The summed E-state index contributed by atoms with van der Waals surface area (Å²) in [7, 11) is 0. The molecule has 5 N–H and O–H groups in total. The Morgan fingerprint density at radius 2 is 1.92 bits per heavy atom. The summed E-state index contributed by atoms with van der Waals surface area (Å²) in [5, 5.41) is 14.1. The molecule has 7 rings (SSSR count). The number of amides is 1. The van der Waals surface area contributed by atoms with Crippen molar-refractivity contribution in [1.29, 1.82) is 0 Å². The number of carbonyl (C=O) groups excluding carboxylic acids is 3. The summed E-state index contributed by atoms with van der Waals surface area (Å²) in [6.45, 7) is 1.63. The highest BCUT2D eigenvalue weighted by Crippen LogP contribution is 2.41. The molecule has 5 heterocycles. The van der Waals surface area contributed by atoms with Gasteiger partial charge in [0.25, 0.3) is 5.56 Å². The first-order valence-corrected chi connectivity index (χ1v) is 16.0. The zero-order valence-corrected chi connectivity index (χ0v) is 26.5. The Morgan fingerprint density at radius 1 is 1.14 bits per heavy atom. The van der Waals surface area contributed by atoms with Gasteiger partial charge in [0.1, 0.15) is 12.6 Å². The average Bonchev–Trinajstić information content (AvgIpc) is 3.67. The Morgan fingerprint density at radius 3 is 2.71 bits per heavy atom. The van der Waals surface area contributed by atoms with E-state index in [9.17, 15) is 29.1 Å². The zero-order valence-electron chi connectivity index (χ0n) is 26.5. The molecule has 2 aliphatic rings. The largest absolute Gasteiger partial charge is 0.480 e. The van der Waals surface area contributed by atoms with Crippen LogP contribution in [0.2, 0.25) is 0 Å². The van der Waals surface area contributed by atoms with E-state index in [2.05, 4.69) is 10.3 Å². The lowest BCUT2D eigenvalue weighted by atomic mass is 9.85. The number of pyridine rings is 2. The van der Waals surface area contributed by atoms with Crippen LogP contribution in [-0.2, 0) is 53.8 Å². The van der Waals surface area contributed by atoms with Gasteiger partial charge in [-0.15, -0.1) is 0 Å². The van der Waals surface area contributed by atoms with Gasteiger partial charge in [-0.05, 0) is 49.1 Å². The number of ether oxygens (including phenoxy) is 2. The number of hydrogen-bond donors (Lipinski definition) is 4. The molecule has 0 saturated heterocycles. The number of aromatic amines is 1. The molecule has 2 aromatic carbocycles. The van der Waals surface area contributed by atoms with Crippen LogP contribution >= 0.6 is 0 Å². The molecular formula is C36H33N5O8. The van der Waals surface area contributed by atoms with Crippen LogP contribution < -0.4 is 16.6 Å². The Labute approximate surface area is 279 Å². The zero-order chi connectivity index (χ0) is 34.4. The molecule has 13 nitrogen and oxygen atoms in total. The van der Waals surface area contributed by atoms with Crippen molar-refractivity contribution in [3.63, 3.8) is 0 Å². The van der Waals surface area contributed by atoms with E-state index in [4.69, 9.17) is 20.2 Å². The quantitative estimate of drug-likeness (QED) is 0.158. The number of fused-ring (bicyclic) bond motifs is 6. The molecule has 0 radical (unpaired) electrons. The Kier molecular flexibility index (Phi) is 7.99. The van der Waals surface area contributed by atoms with Crippen LogP contribution in [0.25, 0.3) is 33.2 Å². The number of H-pyrrole nitrogens is 1. The molecule has 3 atom stereocenters. The number of cyclic esters (lactones) is 1. The van der Waals surface area contributed by atoms with Crippen LogP contribution in [0, 0.1) is 0 Å². The van der Waals surface area contributed by atoms with Gasteiger partial charge in [-0.3, -0.25) is 14.4 Å². The molecule has 0 aliphatic carbocycles. The van der Waals surface area contributed by atoms with Crippen LogP contribution in [0.5, 0.6) is 0 Å². The van der Waals surface area contributed by atoms with Crippen molar-refractivity contribution >= 4 is 45.6 Å². The Bertz CT molecular complexity index is 2240. The lowest BCUT2D eigenvalue weighted by Crippen LogP contribution is -2.50. The van der Waals surface area contributed by atoms with E-state index >= 15 is 0 Å². The molecular weight excluding hydrogens is 630 g/mol. The van der Waals surface area contributed by atoms with Crippen LogP contribution in [0.15, 0.2) is 71.7 Å². The van der Waals surface area contributed by atoms with E-state index in [1.165, 1.54) is 0 Å². The summed E-state index contributed by atoms with van der Waals surface area (Å²) < 4.78 is 12.8. The number of aromatic nitrogens is 3. The van der Waals surface area contributed by atoms with Gasteiger partial charge in [-0.2, -0.15) is 0 Å². The maximum absolute atomic E-state index is 13.8. The highest BCUT2D eigenvalue weighted by Gasteiger charge is 2.50. The molecule has 0 unspecified atom stereocenters. The van der Waals surface area contributed by atoms with Crippen LogP contribution in [-0.4, -0.2) is 55.5 Å². The number of nitrogens with one attached hydrogen (secondary N) is 2. The van der Waals surface area contributed by atoms with E-state index in [1.54, 1.807) is 23.8 Å². The van der Waals surface area contributed by atoms with Gasteiger partial charge in [0.05, 0.1) is 35.1 Å². The molecule has 0 fully saturated rings. The third-order valence-electron chi connectivity index (χ3n) is 9.38. The number of carboxylic acids is 1. The maximum Gasteiger partial charge on any atom is 0.355 e. The second-order valence-corrected chi connectivity index (χ2v) is 12.3. The van der Waals surface area contributed by atoms with Crippen LogP contribution in [0.1, 0.15) is 48.4 Å². The number of carbonyl (C=O) groups is 4. The molecule has 250 valence electrons. The SMILES string of the molecule is CC[C@@]1(OC(=O)CC[C@@H](NC(=O)[C@H](N)Cc2c[nH]c3ccccc23)C(=O)O)C(=O)OCc2c1cc1n(c2=O)Cc2cc3ccccc3nc2-1. The summed E-state index contributed by atoms with van der Waals surface area (Å²) in [5.74, 6) is -3.80. The average molecular weight is 664 g/mol. The van der Waals surface area contributed by atoms with E-state index in [0.29, 0.717) is 11.4 Å². The number of nitrogens with zero attached hydrogens (tertiary/aromatic N) is 2. The number of aliphatic carboxylic acids is 1. The highest BCUT2D eigenvalue weighted by atomic mass is 16.6. The fraction of sp³-hybridized carbons (Fsp3) is 0.278. The normalized spacial score (nSPS) is 17.5. The highest BCUT2D eigenvalue weighted by molar-refractivity contribution is 5.90. The van der Waals surface area contributed by atoms with Gasteiger partial charge in [0, 0.05) is 40.0 Å². The number of rotatable bonds is 10. The summed E-state index contributed by atoms with van der Waals surface area (Å²) in [4.78, 5) is 73.4. The van der Waals surface area contributed by atoms with Crippen molar-refractivity contribution in [3.8, 4) is 11.4 Å². The minimum Gasteiger partial charge on any atom is -0.480 e. The second-order valence-electron chi connectivity index (χ2n) is 12.3. The van der Waals surface area contributed by atoms with Crippen LogP contribution in [0.3, 0.4) is 0 Å². The Balaban J connectivity index is 1.09. The monoisotopic (exact) mass is 663 g/mol. The van der Waals surface area contributed by atoms with Crippen molar-refractivity contribution in [2.45, 2.75) is 63.4 Å². The number of para-hydroxylation sites is 2. The number of benzene rings is 2. The van der Waals surface area contributed by atoms with Gasteiger partial charge >= 0.3 is 17.9 Å². The van der Waals surface area contributed by atoms with Crippen molar-refractivity contribution in [1.82, 2.24) is 19.9 Å². The third kappa shape index (κ3) is 5.51. The summed E-state index contributed by atoms with van der Waals surface area (Å²) in [6.07, 6.45) is 1.07. The fourth-order valence-corrected chi connectivity index (χ4v) is 6.76. The van der Waals surface area contributed by atoms with Gasteiger partial charge in [0.15, 0.2) is 0 Å². The van der Waals surface area contributed by atoms with Crippen molar-refractivity contribution in [2.24, 2.45) is 5.73 Å².